The standard InChI is InChI=1S/2C9H10NS.2HI/c2*1-2-10-7-11-9-6-4-3-5-8(9)10;;/h2*3-7H,2H2,1H3;2*1H/q2*+1;;/p-2. The van der Waals surface area contributed by atoms with Crippen LogP contribution in [0, 0.1) is 0 Å². The van der Waals surface area contributed by atoms with Crippen LogP contribution in [-0.2, 0) is 13.1 Å². The zero-order valence-corrected chi connectivity index (χ0v) is 19.6. The summed E-state index contributed by atoms with van der Waals surface area (Å²) in [7, 11) is 0. The topological polar surface area (TPSA) is 7.76 Å². The molecule has 2 aromatic heterocycles. The number of aromatic nitrogens is 2. The van der Waals surface area contributed by atoms with E-state index in [0.29, 0.717) is 0 Å². The molecule has 0 fully saturated rings. The van der Waals surface area contributed by atoms with E-state index in [1.807, 2.05) is 0 Å². The molecule has 0 unspecified atom stereocenters. The van der Waals surface area contributed by atoms with Gasteiger partial charge in [-0.05, 0) is 26.0 Å². The van der Waals surface area contributed by atoms with Crippen molar-refractivity contribution in [3.8, 4) is 0 Å². The summed E-state index contributed by atoms with van der Waals surface area (Å²) in [4.78, 5) is 0. The van der Waals surface area contributed by atoms with Gasteiger partial charge in [-0.3, -0.25) is 0 Å². The molecule has 0 saturated heterocycles. The maximum Gasteiger partial charge on any atom is 0.225 e. The van der Waals surface area contributed by atoms with Gasteiger partial charge in [0.2, 0.25) is 22.1 Å². The monoisotopic (exact) mass is 582 g/mol. The number of nitrogens with zero attached hydrogens (tertiary/aromatic N) is 2. The van der Waals surface area contributed by atoms with Crippen molar-refractivity contribution < 1.29 is 57.1 Å². The quantitative estimate of drug-likeness (QED) is 0.200. The van der Waals surface area contributed by atoms with Crippen LogP contribution >= 0.6 is 22.7 Å². The van der Waals surface area contributed by atoms with E-state index < -0.39 is 0 Å². The second-order valence-corrected chi connectivity index (χ2v) is 6.73. The first-order valence-corrected chi connectivity index (χ1v) is 9.30. The summed E-state index contributed by atoms with van der Waals surface area (Å²) in [6, 6.07) is 17.0. The first-order chi connectivity index (χ1) is 10.8. The lowest BCUT2D eigenvalue weighted by Gasteiger charge is -1.85. The van der Waals surface area contributed by atoms with E-state index in [1.165, 1.54) is 20.4 Å². The molecule has 0 bridgehead atoms. The SMILES string of the molecule is CC[n+]1csc2ccccc21.CC[n+]1csc2ccccc21.[I-].[I-]. The molecule has 4 aromatic rings. The van der Waals surface area contributed by atoms with Gasteiger partial charge in [-0.1, -0.05) is 46.9 Å². The van der Waals surface area contributed by atoms with Gasteiger partial charge in [0.05, 0.1) is 0 Å². The van der Waals surface area contributed by atoms with E-state index in [0.717, 1.165) is 13.1 Å². The number of hydrogen-bond donors (Lipinski definition) is 0. The van der Waals surface area contributed by atoms with E-state index in [2.05, 4.69) is 82.5 Å². The number of thiazole rings is 2. The predicted octanol–water partition coefficient (Wildman–Crippen LogP) is -1.57. The molecule has 6 heteroatoms. The fraction of sp³-hybridized carbons (Fsp3) is 0.222. The van der Waals surface area contributed by atoms with Gasteiger partial charge >= 0.3 is 0 Å². The molecule has 0 aliphatic heterocycles. The van der Waals surface area contributed by atoms with Crippen molar-refractivity contribution in [3.05, 3.63) is 59.6 Å². The number of rotatable bonds is 2. The van der Waals surface area contributed by atoms with Crippen LogP contribution in [0.5, 0.6) is 0 Å². The number of hydrogen-bond acceptors (Lipinski definition) is 2. The number of fused-ring (bicyclic) bond motifs is 2. The van der Waals surface area contributed by atoms with Crippen molar-refractivity contribution in [1.29, 1.82) is 0 Å². The molecule has 0 N–H and O–H groups in total. The number of aryl methyl sites for hydroxylation is 2. The third kappa shape index (κ3) is 4.86. The van der Waals surface area contributed by atoms with Crippen LogP contribution < -0.4 is 57.1 Å². The number of para-hydroxylation sites is 2. The average Bonchev–Trinajstić information content (AvgIpc) is 3.19. The lowest BCUT2D eigenvalue weighted by atomic mass is 10.3. The smallest absolute Gasteiger partial charge is 0.225 e. The maximum absolute atomic E-state index is 2.26. The van der Waals surface area contributed by atoms with Gasteiger partial charge in [-0.15, -0.1) is 0 Å². The second-order valence-electron chi connectivity index (χ2n) is 4.95. The second kappa shape index (κ2) is 10.6. The highest BCUT2D eigenvalue weighted by atomic mass is 127. The maximum atomic E-state index is 2.26. The first-order valence-electron chi connectivity index (χ1n) is 7.54. The summed E-state index contributed by atoms with van der Waals surface area (Å²) in [5.41, 5.74) is 7.04. The molecule has 2 nitrogen and oxygen atoms in total. The third-order valence-electron chi connectivity index (χ3n) is 3.64. The van der Waals surface area contributed by atoms with Crippen LogP contribution in [0.2, 0.25) is 0 Å². The highest BCUT2D eigenvalue weighted by Crippen LogP contribution is 2.15. The minimum Gasteiger partial charge on any atom is -1.00 e. The van der Waals surface area contributed by atoms with Crippen molar-refractivity contribution >= 4 is 43.1 Å². The number of halogens is 2. The largest absolute Gasteiger partial charge is 1.00 e. The lowest BCUT2D eigenvalue weighted by Crippen LogP contribution is -3.00. The summed E-state index contributed by atoms with van der Waals surface area (Å²) in [5, 5.41) is 0. The van der Waals surface area contributed by atoms with Crippen LogP contribution in [0.3, 0.4) is 0 Å². The molecule has 0 radical (unpaired) electrons. The van der Waals surface area contributed by atoms with Crippen LogP contribution in [0.15, 0.2) is 59.6 Å². The highest BCUT2D eigenvalue weighted by molar-refractivity contribution is 7.16. The minimum atomic E-state index is 0. The fourth-order valence-electron chi connectivity index (χ4n) is 2.43. The van der Waals surface area contributed by atoms with Crippen LogP contribution in [0.1, 0.15) is 13.8 Å². The Morgan fingerprint density at radius 3 is 1.42 bits per heavy atom. The van der Waals surface area contributed by atoms with Crippen LogP contribution in [0.4, 0.5) is 0 Å². The molecule has 0 aliphatic rings. The fourth-order valence-corrected chi connectivity index (χ4v) is 4.37. The Labute approximate surface area is 185 Å². The van der Waals surface area contributed by atoms with E-state index in [-0.39, 0.29) is 48.0 Å². The molecule has 2 aromatic carbocycles. The van der Waals surface area contributed by atoms with Crippen molar-refractivity contribution in [1.82, 2.24) is 0 Å². The molecule has 0 aliphatic carbocycles. The average molecular weight is 582 g/mol. The van der Waals surface area contributed by atoms with Gasteiger partial charge in [0.1, 0.15) is 22.5 Å². The van der Waals surface area contributed by atoms with Crippen molar-refractivity contribution in [3.63, 3.8) is 0 Å². The molecule has 4 rings (SSSR count). The van der Waals surface area contributed by atoms with Crippen LogP contribution in [-0.4, -0.2) is 0 Å². The van der Waals surface area contributed by atoms with Crippen molar-refractivity contribution in [2.45, 2.75) is 26.9 Å². The zero-order valence-electron chi connectivity index (χ0n) is 13.7. The van der Waals surface area contributed by atoms with E-state index in [9.17, 15) is 0 Å². The molecule has 0 spiro atoms. The Morgan fingerprint density at radius 1 is 0.667 bits per heavy atom. The summed E-state index contributed by atoms with van der Waals surface area (Å²) >= 11 is 3.60. The molecule has 0 saturated carbocycles. The minimum absolute atomic E-state index is 0. The van der Waals surface area contributed by atoms with Gasteiger partial charge in [0, 0.05) is 12.1 Å². The van der Waals surface area contributed by atoms with Gasteiger partial charge in [-0.25, -0.2) is 0 Å². The molecule has 0 amide bonds. The highest BCUT2D eigenvalue weighted by Gasteiger charge is 2.07. The third-order valence-corrected chi connectivity index (χ3v) is 5.56. The Bertz CT molecular complexity index is 813. The van der Waals surface area contributed by atoms with E-state index in [4.69, 9.17) is 0 Å². The summed E-state index contributed by atoms with van der Waals surface area (Å²) in [6.07, 6.45) is 0. The Hall–Kier alpha value is -0.320. The molecule has 128 valence electrons. The first kappa shape index (κ1) is 21.7. The summed E-state index contributed by atoms with van der Waals surface area (Å²) in [5.74, 6) is 0. The zero-order chi connectivity index (χ0) is 15.4. The predicted molar refractivity (Wildman–Crippen MR) is 95.4 cm³/mol. The Morgan fingerprint density at radius 2 is 1.04 bits per heavy atom. The van der Waals surface area contributed by atoms with E-state index in [1.54, 1.807) is 22.7 Å². The van der Waals surface area contributed by atoms with Gasteiger partial charge in [0.25, 0.3) is 0 Å². The lowest BCUT2D eigenvalue weighted by molar-refractivity contribution is -0.663. The molecular weight excluding hydrogens is 562 g/mol. The molecular formula is C18H20I2N2S2. The van der Waals surface area contributed by atoms with Gasteiger partial charge in [0.15, 0.2) is 0 Å². The van der Waals surface area contributed by atoms with Crippen molar-refractivity contribution in [2.75, 3.05) is 0 Å². The van der Waals surface area contributed by atoms with Crippen LogP contribution in [0.25, 0.3) is 20.4 Å². The molecule has 0 atom stereocenters. The summed E-state index contributed by atoms with van der Waals surface area (Å²) < 4.78 is 7.27. The van der Waals surface area contributed by atoms with Gasteiger partial charge in [-0.2, -0.15) is 9.13 Å². The normalized spacial score (nSPS) is 9.75. The van der Waals surface area contributed by atoms with E-state index >= 15 is 0 Å². The molecule has 2 heterocycles. The van der Waals surface area contributed by atoms with Crippen molar-refractivity contribution in [2.24, 2.45) is 0 Å². The Balaban J connectivity index is 0.000000222. The number of benzene rings is 2. The molecule has 24 heavy (non-hydrogen) atoms. The Kier molecular flexibility index (Phi) is 9.61. The summed E-state index contributed by atoms with van der Waals surface area (Å²) in [6.45, 7) is 6.45. The van der Waals surface area contributed by atoms with Gasteiger partial charge < -0.3 is 48.0 Å².